The molecular weight excluding hydrogens is 292 g/mol. The van der Waals surface area contributed by atoms with Gasteiger partial charge in [-0.25, -0.2) is 4.79 Å². The molecule has 0 saturated carbocycles. The van der Waals surface area contributed by atoms with E-state index in [9.17, 15) is 14.7 Å². The van der Waals surface area contributed by atoms with Crippen molar-refractivity contribution in [2.45, 2.75) is 31.8 Å². The van der Waals surface area contributed by atoms with E-state index in [0.717, 1.165) is 0 Å². The zero-order valence-corrected chi connectivity index (χ0v) is 13.2. The summed E-state index contributed by atoms with van der Waals surface area (Å²) in [5.41, 5.74) is 0.371. The van der Waals surface area contributed by atoms with E-state index in [2.05, 4.69) is 5.32 Å². The molecular formula is C14H24N2O6. The van der Waals surface area contributed by atoms with Crippen LogP contribution >= 0.6 is 0 Å². The Hall–Kier alpha value is -1.48. The quantitative estimate of drug-likeness (QED) is 0.368. The van der Waals surface area contributed by atoms with E-state index in [0.29, 0.717) is 31.5 Å². The molecule has 1 saturated heterocycles. The number of carbonyl (C=O) groups excluding carboxylic acids is 2. The number of rotatable bonds is 8. The fourth-order valence-electron chi connectivity index (χ4n) is 2.14. The number of nitrogens with one attached hydrogen (secondary N) is 1. The highest BCUT2D eigenvalue weighted by Crippen LogP contribution is 2.26. The van der Waals surface area contributed by atoms with Crippen LogP contribution in [0, 0.1) is 0 Å². The normalized spacial score (nSPS) is 25.1. The summed E-state index contributed by atoms with van der Waals surface area (Å²) in [5, 5.41) is 11.8. The molecule has 0 bridgehead atoms. The minimum Gasteiger partial charge on any atom is -0.394 e. The summed E-state index contributed by atoms with van der Waals surface area (Å²) < 4.78 is 16.3. The van der Waals surface area contributed by atoms with Crippen molar-refractivity contribution in [2.75, 3.05) is 34.0 Å². The highest BCUT2D eigenvalue weighted by atomic mass is 16.6. The van der Waals surface area contributed by atoms with Crippen LogP contribution < -0.4 is 5.32 Å². The first-order valence-electron chi connectivity index (χ1n) is 7.07. The third kappa shape index (κ3) is 5.06. The minimum absolute atomic E-state index is 0.168. The molecule has 22 heavy (non-hydrogen) atoms. The average Bonchev–Trinajstić information content (AvgIpc) is 2.94. The second-order valence-corrected chi connectivity index (χ2v) is 4.92. The largest absolute Gasteiger partial charge is 0.394 e. The van der Waals surface area contributed by atoms with Crippen LogP contribution in [0.4, 0.5) is 4.79 Å². The molecule has 8 nitrogen and oxygen atoms in total. The number of urea groups is 1. The van der Waals surface area contributed by atoms with E-state index in [1.54, 1.807) is 14.0 Å². The number of aldehydes is 1. The smallest absolute Gasteiger partial charge is 0.323 e. The second-order valence-electron chi connectivity index (χ2n) is 4.92. The monoisotopic (exact) mass is 316 g/mol. The molecule has 0 aromatic rings. The lowest BCUT2D eigenvalue weighted by molar-refractivity contribution is -0.105. The number of amides is 2. The standard InChI is InChI=1S/C14H24N2O6/c1-10(8-17)7-16(14(19)15-2)13-12(21-5-4-20-3)6-11(9-18)22-13/h7-8,11-13,18H,4-6,9H2,1-3H3,(H,15,19)/b10-7-/t11-,12+,13+/m0/s1. The van der Waals surface area contributed by atoms with Gasteiger partial charge in [0.05, 0.1) is 25.9 Å². The molecule has 0 radical (unpaired) electrons. The predicted molar refractivity (Wildman–Crippen MR) is 78.1 cm³/mol. The van der Waals surface area contributed by atoms with Crippen molar-refractivity contribution >= 4 is 12.3 Å². The molecule has 0 aromatic heterocycles. The lowest BCUT2D eigenvalue weighted by Crippen LogP contribution is -2.47. The molecule has 1 heterocycles. The number of hydrogen-bond acceptors (Lipinski definition) is 6. The molecule has 1 aliphatic rings. The number of allylic oxidation sites excluding steroid dienone is 1. The molecule has 8 heteroatoms. The molecule has 3 atom stereocenters. The summed E-state index contributed by atoms with van der Waals surface area (Å²) in [6.45, 7) is 2.17. The molecule has 2 amide bonds. The second kappa shape index (κ2) is 9.52. The van der Waals surface area contributed by atoms with Crippen molar-refractivity contribution in [2.24, 2.45) is 0 Å². The summed E-state index contributed by atoms with van der Waals surface area (Å²) in [5.74, 6) is 0. The third-order valence-electron chi connectivity index (χ3n) is 3.22. The summed E-state index contributed by atoms with van der Waals surface area (Å²) in [6.07, 6.45) is 0.948. The number of ether oxygens (including phenoxy) is 3. The maximum absolute atomic E-state index is 12.1. The van der Waals surface area contributed by atoms with Crippen LogP contribution in [0.15, 0.2) is 11.8 Å². The minimum atomic E-state index is -0.719. The van der Waals surface area contributed by atoms with Crippen LogP contribution in [0.25, 0.3) is 0 Å². The number of aliphatic hydroxyl groups excluding tert-OH is 1. The highest BCUT2D eigenvalue weighted by Gasteiger charge is 2.40. The summed E-state index contributed by atoms with van der Waals surface area (Å²) in [4.78, 5) is 24.2. The van der Waals surface area contributed by atoms with E-state index < -0.39 is 24.5 Å². The van der Waals surface area contributed by atoms with Crippen molar-refractivity contribution < 1.29 is 28.9 Å². The molecule has 0 unspecified atom stereocenters. The maximum atomic E-state index is 12.1. The SMILES string of the molecule is CNC(=O)N(/C=C(/C)C=O)[C@@H]1O[C@H](CO)C[C@H]1OCCOC. The molecule has 1 aliphatic heterocycles. The van der Waals surface area contributed by atoms with Gasteiger partial charge in [-0.2, -0.15) is 0 Å². The maximum Gasteiger partial charge on any atom is 0.323 e. The van der Waals surface area contributed by atoms with Crippen molar-refractivity contribution in [3.8, 4) is 0 Å². The van der Waals surface area contributed by atoms with Gasteiger partial charge in [0.2, 0.25) is 0 Å². The number of aliphatic hydroxyl groups is 1. The molecule has 0 aliphatic carbocycles. The van der Waals surface area contributed by atoms with Gasteiger partial charge in [0.15, 0.2) is 6.23 Å². The lowest BCUT2D eigenvalue weighted by atomic mass is 10.2. The zero-order chi connectivity index (χ0) is 16.5. The average molecular weight is 316 g/mol. The topological polar surface area (TPSA) is 97.3 Å². The molecule has 0 aromatic carbocycles. The van der Waals surface area contributed by atoms with Crippen LogP contribution in [0.1, 0.15) is 13.3 Å². The van der Waals surface area contributed by atoms with E-state index in [1.165, 1.54) is 18.1 Å². The van der Waals surface area contributed by atoms with E-state index in [1.807, 2.05) is 0 Å². The van der Waals surface area contributed by atoms with Crippen LogP contribution in [0.5, 0.6) is 0 Å². The first kappa shape index (κ1) is 18.6. The highest BCUT2D eigenvalue weighted by molar-refractivity contribution is 5.78. The Kier molecular flexibility index (Phi) is 8.03. The van der Waals surface area contributed by atoms with Gasteiger partial charge >= 0.3 is 6.03 Å². The third-order valence-corrected chi connectivity index (χ3v) is 3.22. The first-order chi connectivity index (χ1) is 10.6. The van der Waals surface area contributed by atoms with Gasteiger partial charge in [-0.1, -0.05) is 0 Å². The van der Waals surface area contributed by atoms with Crippen LogP contribution in [0.2, 0.25) is 0 Å². The lowest BCUT2D eigenvalue weighted by Gasteiger charge is -2.29. The first-order valence-corrected chi connectivity index (χ1v) is 7.07. The van der Waals surface area contributed by atoms with Gasteiger partial charge in [-0.05, 0) is 6.92 Å². The van der Waals surface area contributed by atoms with Crippen molar-refractivity contribution in [3.05, 3.63) is 11.8 Å². The molecule has 1 fully saturated rings. The number of hydrogen-bond donors (Lipinski definition) is 2. The summed E-state index contributed by atoms with van der Waals surface area (Å²) >= 11 is 0. The number of nitrogens with zero attached hydrogens (tertiary/aromatic N) is 1. The molecule has 2 N–H and O–H groups in total. The van der Waals surface area contributed by atoms with Gasteiger partial charge in [-0.15, -0.1) is 0 Å². The molecule has 0 spiro atoms. The molecule has 126 valence electrons. The molecule has 1 rings (SSSR count). The van der Waals surface area contributed by atoms with E-state index in [4.69, 9.17) is 14.2 Å². The van der Waals surface area contributed by atoms with Crippen molar-refractivity contribution in [1.82, 2.24) is 10.2 Å². The number of methoxy groups -OCH3 is 1. The fourth-order valence-corrected chi connectivity index (χ4v) is 2.14. The predicted octanol–water partition coefficient (Wildman–Crippen LogP) is -0.131. The van der Waals surface area contributed by atoms with Crippen molar-refractivity contribution in [1.29, 1.82) is 0 Å². The van der Waals surface area contributed by atoms with Gasteiger partial charge < -0.3 is 24.6 Å². The number of carbonyl (C=O) groups is 2. The Morgan fingerprint density at radius 2 is 2.23 bits per heavy atom. The van der Waals surface area contributed by atoms with Gasteiger partial charge in [-0.3, -0.25) is 9.69 Å². The van der Waals surface area contributed by atoms with Crippen molar-refractivity contribution in [3.63, 3.8) is 0 Å². The van der Waals surface area contributed by atoms with Gasteiger partial charge in [0.25, 0.3) is 0 Å². The Morgan fingerprint density at radius 3 is 2.77 bits per heavy atom. The Morgan fingerprint density at radius 1 is 1.50 bits per heavy atom. The Bertz CT molecular complexity index is 401. The van der Waals surface area contributed by atoms with E-state index >= 15 is 0 Å². The van der Waals surface area contributed by atoms with Crippen LogP contribution in [0.3, 0.4) is 0 Å². The zero-order valence-electron chi connectivity index (χ0n) is 13.2. The Balaban J connectivity index is 2.91. The Labute approximate surface area is 130 Å². The fraction of sp³-hybridized carbons (Fsp3) is 0.714. The van der Waals surface area contributed by atoms with Crippen LogP contribution in [-0.2, 0) is 19.0 Å². The summed E-state index contributed by atoms with van der Waals surface area (Å²) in [6, 6.07) is -0.426. The van der Waals surface area contributed by atoms with Gasteiger partial charge in [0, 0.05) is 32.4 Å². The summed E-state index contributed by atoms with van der Waals surface area (Å²) in [7, 11) is 3.05. The van der Waals surface area contributed by atoms with E-state index in [-0.39, 0.29) is 6.61 Å². The van der Waals surface area contributed by atoms with Crippen LogP contribution in [-0.4, -0.2) is 74.7 Å². The van der Waals surface area contributed by atoms with Gasteiger partial charge in [0.1, 0.15) is 12.4 Å².